The van der Waals surface area contributed by atoms with E-state index in [2.05, 4.69) is 66.5 Å². The first-order chi connectivity index (χ1) is 9.01. The maximum absolute atomic E-state index is 2.48. The van der Waals surface area contributed by atoms with Crippen LogP contribution in [0.5, 0.6) is 0 Å². The Morgan fingerprint density at radius 3 is 1.84 bits per heavy atom. The fourth-order valence-electron chi connectivity index (χ4n) is 2.32. The van der Waals surface area contributed by atoms with Gasteiger partial charge in [0, 0.05) is 12.5 Å². The van der Waals surface area contributed by atoms with Crippen molar-refractivity contribution >= 4 is 30.7 Å². The fraction of sp³-hybridized carbons (Fsp3) is 0.647. The van der Waals surface area contributed by atoms with Crippen LogP contribution in [0.4, 0.5) is 0 Å². The molecule has 1 rings (SSSR count). The van der Waals surface area contributed by atoms with Crippen molar-refractivity contribution in [3.63, 3.8) is 0 Å². The van der Waals surface area contributed by atoms with E-state index in [4.69, 9.17) is 0 Å². The Morgan fingerprint density at radius 1 is 0.789 bits per heavy atom. The third-order valence-corrected chi connectivity index (χ3v) is 5.94. The molecule has 0 bridgehead atoms. The van der Waals surface area contributed by atoms with Gasteiger partial charge in [-0.05, 0) is 30.4 Å². The molecule has 0 aliphatic rings. The summed E-state index contributed by atoms with van der Waals surface area (Å²) in [6.45, 7) is 7.43. The highest BCUT2D eigenvalue weighted by atomic mass is 127. The molecule has 0 saturated carbocycles. The van der Waals surface area contributed by atoms with Crippen molar-refractivity contribution in [3.05, 3.63) is 35.4 Å². The molecule has 0 heterocycles. The SMILES string of the molecule is C[Si](C)(C)CCCCCCc1ccc(CCI)cc1. The summed E-state index contributed by atoms with van der Waals surface area (Å²) < 4.78 is 1.22. The van der Waals surface area contributed by atoms with Gasteiger partial charge in [0.15, 0.2) is 0 Å². The van der Waals surface area contributed by atoms with E-state index in [0.717, 1.165) is 0 Å². The molecule has 108 valence electrons. The molecule has 0 aliphatic carbocycles. The summed E-state index contributed by atoms with van der Waals surface area (Å²) in [5.74, 6) is 0. The van der Waals surface area contributed by atoms with Gasteiger partial charge in [-0.2, -0.15) is 0 Å². The predicted molar refractivity (Wildman–Crippen MR) is 99.4 cm³/mol. The van der Waals surface area contributed by atoms with Crippen molar-refractivity contribution in [2.45, 2.75) is 64.2 Å². The molecule has 0 aromatic heterocycles. The molecule has 1 aromatic rings. The van der Waals surface area contributed by atoms with Crippen LogP contribution in [-0.2, 0) is 12.8 Å². The number of benzene rings is 1. The first-order valence-electron chi connectivity index (χ1n) is 7.65. The standard InChI is InChI=1S/C17H29ISi/c1-19(2,3)15-7-5-4-6-8-16-9-11-17(12-10-16)13-14-18/h9-12H,4-8,13-15H2,1-3H3. The third-order valence-electron chi connectivity index (χ3n) is 3.55. The van der Waals surface area contributed by atoms with Crippen molar-refractivity contribution in [2.24, 2.45) is 0 Å². The van der Waals surface area contributed by atoms with Crippen LogP contribution in [0.15, 0.2) is 24.3 Å². The van der Waals surface area contributed by atoms with Crippen LogP contribution in [0, 0.1) is 0 Å². The fourth-order valence-corrected chi connectivity index (χ4v) is 4.25. The van der Waals surface area contributed by atoms with E-state index in [1.165, 1.54) is 60.1 Å². The van der Waals surface area contributed by atoms with Crippen LogP contribution in [0.2, 0.25) is 25.7 Å². The number of hydrogen-bond acceptors (Lipinski definition) is 0. The molecule has 0 spiro atoms. The van der Waals surface area contributed by atoms with Crippen LogP contribution in [0.3, 0.4) is 0 Å². The molecular weight excluding hydrogens is 359 g/mol. The van der Waals surface area contributed by atoms with Crippen LogP contribution < -0.4 is 0 Å². The molecule has 0 saturated heterocycles. The van der Waals surface area contributed by atoms with E-state index in [9.17, 15) is 0 Å². The quantitative estimate of drug-likeness (QED) is 0.207. The van der Waals surface area contributed by atoms with Crippen molar-refractivity contribution < 1.29 is 0 Å². The first kappa shape index (κ1) is 17.2. The van der Waals surface area contributed by atoms with Gasteiger partial charge in [0.05, 0.1) is 0 Å². The molecule has 0 radical (unpaired) electrons. The topological polar surface area (TPSA) is 0 Å². The van der Waals surface area contributed by atoms with Gasteiger partial charge in [-0.25, -0.2) is 0 Å². The average Bonchev–Trinajstić information content (AvgIpc) is 2.35. The van der Waals surface area contributed by atoms with Gasteiger partial charge in [-0.15, -0.1) is 0 Å². The molecule has 0 atom stereocenters. The lowest BCUT2D eigenvalue weighted by Crippen LogP contribution is -2.18. The minimum atomic E-state index is -0.796. The lowest BCUT2D eigenvalue weighted by atomic mass is 10.0. The van der Waals surface area contributed by atoms with Crippen molar-refractivity contribution in [1.29, 1.82) is 0 Å². The number of unbranched alkanes of at least 4 members (excludes halogenated alkanes) is 3. The summed E-state index contributed by atoms with van der Waals surface area (Å²) in [4.78, 5) is 0. The number of alkyl halides is 1. The molecule has 2 heteroatoms. The smallest absolute Gasteiger partial charge is 0.0442 e. The highest BCUT2D eigenvalue weighted by molar-refractivity contribution is 14.1. The summed E-state index contributed by atoms with van der Waals surface area (Å²) >= 11 is 2.44. The zero-order chi connectivity index (χ0) is 14.1. The molecule has 0 aliphatic heterocycles. The summed E-state index contributed by atoms with van der Waals surface area (Å²) in [6, 6.07) is 10.8. The third kappa shape index (κ3) is 8.85. The van der Waals surface area contributed by atoms with E-state index in [1.807, 2.05) is 0 Å². The molecule has 0 N–H and O–H groups in total. The Labute approximate surface area is 134 Å². The van der Waals surface area contributed by atoms with E-state index in [-0.39, 0.29) is 0 Å². The first-order valence-corrected chi connectivity index (χ1v) is 12.9. The minimum Gasteiger partial charge on any atom is -0.0860 e. The average molecular weight is 388 g/mol. The lowest BCUT2D eigenvalue weighted by Gasteiger charge is -2.14. The molecule has 0 fully saturated rings. The van der Waals surface area contributed by atoms with E-state index in [1.54, 1.807) is 0 Å². The number of rotatable bonds is 9. The summed E-state index contributed by atoms with van der Waals surface area (Å²) in [5, 5.41) is 0. The summed E-state index contributed by atoms with van der Waals surface area (Å²) in [6.07, 6.45) is 8.10. The highest BCUT2D eigenvalue weighted by Crippen LogP contribution is 2.16. The van der Waals surface area contributed by atoms with Gasteiger partial charge >= 0.3 is 0 Å². The number of aryl methyl sites for hydroxylation is 2. The maximum Gasteiger partial charge on any atom is 0.0442 e. The van der Waals surface area contributed by atoms with Gasteiger partial charge in [0.25, 0.3) is 0 Å². The Bertz CT molecular complexity index is 337. The van der Waals surface area contributed by atoms with Gasteiger partial charge in [-0.3, -0.25) is 0 Å². The molecule has 0 amide bonds. The zero-order valence-electron chi connectivity index (χ0n) is 12.8. The number of halogens is 1. The Balaban J connectivity index is 2.12. The second-order valence-electron chi connectivity index (χ2n) is 6.73. The van der Waals surface area contributed by atoms with Crippen LogP contribution in [0.1, 0.15) is 36.8 Å². The van der Waals surface area contributed by atoms with E-state index >= 15 is 0 Å². The monoisotopic (exact) mass is 388 g/mol. The number of hydrogen-bond donors (Lipinski definition) is 0. The summed E-state index contributed by atoms with van der Waals surface area (Å²) in [7, 11) is -0.796. The van der Waals surface area contributed by atoms with Crippen LogP contribution in [0.25, 0.3) is 0 Å². The Kier molecular flexibility index (Phi) is 8.31. The zero-order valence-corrected chi connectivity index (χ0v) is 16.0. The Hall–Kier alpha value is 0.167. The van der Waals surface area contributed by atoms with Crippen LogP contribution >= 0.6 is 22.6 Å². The molecular formula is C17H29ISi. The van der Waals surface area contributed by atoms with Crippen LogP contribution in [-0.4, -0.2) is 12.5 Å². The van der Waals surface area contributed by atoms with Gasteiger partial charge < -0.3 is 0 Å². The minimum absolute atomic E-state index is 0.796. The lowest BCUT2D eigenvalue weighted by molar-refractivity contribution is 0.663. The van der Waals surface area contributed by atoms with Crippen molar-refractivity contribution in [3.8, 4) is 0 Å². The molecule has 1 aromatic carbocycles. The van der Waals surface area contributed by atoms with Crippen molar-refractivity contribution in [1.82, 2.24) is 0 Å². The second-order valence-corrected chi connectivity index (χ2v) is 13.4. The maximum atomic E-state index is 2.48. The summed E-state index contributed by atoms with van der Waals surface area (Å²) in [5.41, 5.74) is 3.00. The van der Waals surface area contributed by atoms with E-state index in [0.29, 0.717) is 0 Å². The largest absolute Gasteiger partial charge is 0.0860 e. The highest BCUT2D eigenvalue weighted by Gasteiger charge is 2.11. The van der Waals surface area contributed by atoms with Gasteiger partial charge in [0.1, 0.15) is 0 Å². The molecule has 0 nitrogen and oxygen atoms in total. The van der Waals surface area contributed by atoms with Crippen molar-refractivity contribution in [2.75, 3.05) is 4.43 Å². The van der Waals surface area contributed by atoms with Gasteiger partial charge in [-0.1, -0.05) is 91.8 Å². The second kappa shape index (κ2) is 9.17. The molecule has 19 heavy (non-hydrogen) atoms. The van der Waals surface area contributed by atoms with Gasteiger partial charge in [0.2, 0.25) is 0 Å². The predicted octanol–water partition coefficient (Wildman–Crippen LogP) is 6.11. The molecule has 0 unspecified atom stereocenters. The Morgan fingerprint density at radius 2 is 1.32 bits per heavy atom. The van der Waals surface area contributed by atoms with E-state index < -0.39 is 8.07 Å². The normalized spacial score (nSPS) is 11.8.